The molecule has 2 amide bonds. The van der Waals surface area contributed by atoms with Gasteiger partial charge in [-0.2, -0.15) is 4.98 Å². The summed E-state index contributed by atoms with van der Waals surface area (Å²) in [6, 6.07) is 3.00. The second-order valence-electron chi connectivity index (χ2n) is 3.80. The Morgan fingerprint density at radius 2 is 2.21 bits per heavy atom. The number of anilines is 2. The zero-order valence-electron chi connectivity index (χ0n) is 10.1. The first kappa shape index (κ1) is 13.0. The van der Waals surface area contributed by atoms with Gasteiger partial charge in [0, 0.05) is 24.7 Å². The van der Waals surface area contributed by atoms with Crippen molar-refractivity contribution in [2.75, 3.05) is 24.2 Å². The first-order chi connectivity index (χ1) is 9.19. The number of aliphatic hydroxyl groups is 1. The van der Waals surface area contributed by atoms with Crippen LogP contribution in [-0.2, 0) is 0 Å². The molecule has 0 saturated heterocycles. The van der Waals surface area contributed by atoms with Crippen LogP contribution in [0, 0.1) is 0 Å². The number of aliphatic hydroxyl groups excluding tert-OH is 1. The Labute approximate surface area is 109 Å². The van der Waals surface area contributed by atoms with Crippen molar-refractivity contribution in [3.8, 4) is 0 Å². The third kappa shape index (κ3) is 3.49. The average molecular weight is 262 g/mol. The van der Waals surface area contributed by atoms with Crippen molar-refractivity contribution in [1.29, 1.82) is 0 Å². The molecule has 0 atom stereocenters. The molecule has 5 N–H and O–H groups in total. The summed E-state index contributed by atoms with van der Waals surface area (Å²) in [5.41, 5.74) is 5.89. The molecule has 0 spiro atoms. The molecule has 0 aliphatic carbocycles. The first-order valence-corrected chi connectivity index (χ1v) is 5.74. The number of rotatable bonds is 4. The minimum Gasteiger partial charge on any atom is -0.396 e. The van der Waals surface area contributed by atoms with E-state index in [0.29, 0.717) is 24.4 Å². The largest absolute Gasteiger partial charge is 0.396 e. The number of nitrogens with zero attached hydrogens (tertiary/aromatic N) is 3. The zero-order chi connectivity index (χ0) is 13.7. The van der Waals surface area contributed by atoms with Crippen LogP contribution in [0.15, 0.2) is 18.3 Å². The van der Waals surface area contributed by atoms with Crippen LogP contribution in [0.5, 0.6) is 0 Å². The van der Waals surface area contributed by atoms with Crippen LogP contribution in [-0.4, -0.2) is 39.2 Å². The quantitative estimate of drug-likeness (QED) is 0.579. The second kappa shape index (κ2) is 5.91. The van der Waals surface area contributed by atoms with Crippen LogP contribution in [0.3, 0.4) is 0 Å². The summed E-state index contributed by atoms with van der Waals surface area (Å²) in [7, 11) is 0. The van der Waals surface area contributed by atoms with Gasteiger partial charge in [0.2, 0.25) is 5.95 Å². The topological polar surface area (TPSA) is 126 Å². The highest BCUT2D eigenvalue weighted by Crippen LogP contribution is 2.12. The molecular formula is C11H14N6O2. The van der Waals surface area contributed by atoms with Crippen LogP contribution >= 0.6 is 0 Å². The van der Waals surface area contributed by atoms with Gasteiger partial charge >= 0.3 is 6.03 Å². The lowest BCUT2D eigenvalue weighted by molar-refractivity contribution is 0.249. The van der Waals surface area contributed by atoms with Crippen molar-refractivity contribution in [2.24, 2.45) is 0 Å². The van der Waals surface area contributed by atoms with Crippen molar-refractivity contribution in [3.05, 3.63) is 18.3 Å². The molecule has 8 heteroatoms. The number of urea groups is 1. The number of pyridine rings is 1. The molecule has 0 bridgehead atoms. The third-order valence-corrected chi connectivity index (χ3v) is 2.32. The Balaban J connectivity index is 2.06. The van der Waals surface area contributed by atoms with E-state index in [1.165, 1.54) is 0 Å². The molecular weight excluding hydrogens is 248 g/mol. The normalized spacial score (nSPS) is 10.4. The van der Waals surface area contributed by atoms with Gasteiger partial charge in [-0.05, 0) is 18.6 Å². The van der Waals surface area contributed by atoms with Gasteiger partial charge in [-0.1, -0.05) is 0 Å². The van der Waals surface area contributed by atoms with Gasteiger partial charge in [0.05, 0.1) is 0 Å². The van der Waals surface area contributed by atoms with Crippen LogP contribution < -0.4 is 16.4 Å². The van der Waals surface area contributed by atoms with E-state index in [-0.39, 0.29) is 18.6 Å². The minimum absolute atomic E-state index is 0.0324. The Morgan fingerprint density at radius 1 is 1.37 bits per heavy atom. The molecule has 0 unspecified atom stereocenters. The highest BCUT2D eigenvalue weighted by atomic mass is 16.3. The van der Waals surface area contributed by atoms with Crippen LogP contribution in [0.4, 0.5) is 16.6 Å². The van der Waals surface area contributed by atoms with E-state index in [1.54, 1.807) is 18.3 Å². The summed E-state index contributed by atoms with van der Waals surface area (Å²) in [6.07, 6.45) is 2.07. The maximum absolute atomic E-state index is 11.5. The number of hydrogen-bond acceptors (Lipinski definition) is 6. The van der Waals surface area contributed by atoms with E-state index in [2.05, 4.69) is 25.6 Å². The number of fused-ring (bicyclic) bond motifs is 1. The lowest BCUT2D eigenvalue weighted by Crippen LogP contribution is -2.30. The van der Waals surface area contributed by atoms with Gasteiger partial charge in [0.1, 0.15) is 5.82 Å². The van der Waals surface area contributed by atoms with Crippen molar-refractivity contribution in [1.82, 2.24) is 20.3 Å². The number of nitrogens with two attached hydrogens (primary N) is 1. The van der Waals surface area contributed by atoms with Crippen molar-refractivity contribution in [3.63, 3.8) is 0 Å². The molecule has 2 rings (SSSR count). The van der Waals surface area contributed by atoms with Crippen LogP contribution in [0.1, 0.15) is 6.42 Å². The molecule has 0 aliphatic rings. The lowest BCUT2D eigenvalue weighted by Gasteiger charge is -2.06. The first-order valence-electron chi connectivity index (χ1n) is 5.74. The Hall–Kier alpha value is -2.48. The summed E-state index contributed by atoms with van der Waals surface area (Å²) in [4.78, 5) is 23.5. The van der Waals surface area contributed by atoms with E-state index < -0.39 is 0 Å². The highest BCUT2D eigenvalue weighted by molar-refractivity contribution is 5.89. The van der Waals surface area contributed by atoms with E-state index in [0.717, 1.165) is 5.39 Å². The molecule has 0 radical (unpaired) electrons. The number of aromatic nitrogens is 3. The van der Waals surface area contributed by atoms with E-state index in [4.69, 9.17) is 10.8 Å². The lowest BCUT2D eigenvalue weighted by atomic mass is 10.3. The van der Waals surface area contributed by atoms with Gasteiger partial charge in [0.25, 0.3) is 0 Å². The molecule has 0 saturated carbocycles. The molecule has 100 valence electrons. The summed E-state index contributed by atoms with van der Waals surface area (Å²) in [5.74, 6) is 0.497. The van der Waals surface area contributed by atoms with E-state index in [9.17, 15) is 4.79 Å². The fourth-order valence-electron chi connectivity index (χ4n) is 1.43. The standard InChI is InChI=1S/C11H14N6O2/c12-10-14-6-7-2-3-8(15-9(7)17-10)16-11(19)13-4-1-5-18/h2-3,6,18H,1,4-5H2,(H4,12,13,14,15,16,17,19). The Kier molecular flexibility index (Phi) is 4.04. The smallest absolute Gasteiger partial charge is 0.320 e. The highest BCUT2D eigenvalue weighted by Gasteiger charge is 2.04. The van der Waals surface area contributed by atoms with Gasteiger partial charge in [-0.15, -0.1) is 0 Å². The zero-order valence-corrected chi connectivity index (χ0v) is 10.1. The van der Waals surface area contributed by atoms with Crippen molar-refractivity contribution < 1.29 is 9.90 Å². The molecule has 2 heterocycles. The van der Waals surface area contributed by atoms with Gasteiger partial charge in [-0.3, -0.25) is 5.32 Å². The summed E-state index contributed by atoms with van der Waals surface area (Å²) in [6.45, 7) is 0.426. The third-order valence-electron chi connectivity index (χ3n) is 2.32. The number of amides is 2. The van der Waals surface area contributed by atoms with Crippen molar-refractivity contribution in [2.45, 2.75) is 6.42 Å². The fraction of sp³-hybridized carbons (Fsp3) is 0.273. The number of carbonyl (C=O) groups excluding carboxylic acids is 1. The molecule has 19 heavy (non-hydrogen) atoms. The van der Waals surface area contributed by atoms with Gasteiger partial charge in [0.15, 0.2) is 5.65 Å². The Bertz CT molecular complexity index is 588. The molecule has 8 nitrogen and oxygen atoms in total. The maximum atomic E-state index is 11.5. The maximum Gasteiger partial charge on any atom is 0.320 e. The fourth-order valence-corrected chi connectivity index (χ4v) is 1.43. The monoisotopic (exact) mass is 262 g/mol. The molecule has 0 aliphatic heterocycles. The van der Waals surface area contributed by atoms with Crippen LogP contribution in [0.25, 0.3) is 11.0 Å². The number of carbonyl (C=O) groups is 1. The van der Waals surface area contributed by atoms with Crippen molar-refractivity contribution >= 4 is 28.8 Å². The predicted octanol–water partition coefficient (Wildman–Crippen LogP) is 0.111. The molecule has 0 fully saturated rings. The summed E-state index contributed by atoms with van der Waals surface area (Å²) >= 11 is 0. The second-order valence-corrected chi connectivity index (χ2v) is 3.80. The predicted molar refractivity (Wildman–Crippen MR) is 70.5 cm³/mol. The van der Waals surface area contributed by atoms with Gasteiger partial charge in [-0.25, -0.2) is 14.8 Å². The average Bonchev–Trinajstić information content (AvgIpc) is 2.38. The Morgan fingerprint density at radius 3 is 3.00 bits per heavy atom. The number of nitrogen functional groups attached to an aromatic ring is 1. The molecule has 2 aromatic rings. The summed E-state index contributed by atoms with van der Waals surface area (Å²) in [5, 5.41) is 14.5. The van der Waals surface area contributed by atoms with E-state index in [1.807, 2.05) is 0 Å². The van der Waals surface area contributed by atoms with Crippen LogP contribution in [0.2, 0.25) is 0 Å². The summed E-state index contributed by atoms with van der Waals surface area (Å²) < 4.78 is 0. The SMILES string of the molecule is Nc1ncc2ccc(NC(=O)NCCCO)nc2n1. The number of hydrogen-bond donors (Lipinski definition) is 4. The van der Waals surface area contributed by atoms with E-state index >= 15 is 0 Å². The number of nitrogens with one attached hydrogen (secondary N) is 2. The molecule has 0 aromatic carbocycles. The van der Waals surface area contributed by atoms with Gasteiger partial charge < -0.3 is 16.2 Å². The molecule has 2 aromatic heterocycles. The minimum atomic E-state index is -0.387.